The van der Waals surface area contributed by atoms with Crippen molar-refractivity contribution in [1.29, 1.82) is 0 Å². The van der Waals surface area contributed by atoms with Gasteiger partial charge in [0.2, 0.25) is 0 Å². The smallest absolute Gasteiger partial charge is 0.178 e. The van der Waals surface area contributed by atoms with Crippen LogP contribution >= 0.6 is 11.8 Å². The van der Waals surface area contributed by atoms with Crippen molar-refractivity contribution in [3.8, 4) is 5.75 Å². The van der Waals surface area contributed by atoms with Crippen molar-refractivity contribution in [2.24, 2.45) is 28.6 Å². The largest absolute Gasteiger partial charge is 0.508 e. The van der Waals surface area contributed by atoms with Crippen LogP contribution < -0.4 is 0 Å². The van der Waals surface area contributed by atoms with Gasteiger partial charge in [0.15, 0.2) is 16.7 Å². The highest BCUT2D eigenvalue weighted by Crippen LogP contribution is 2.67. The van der Waals surface area contributed by atoms with Gasteiger partial charge in [-0.2, -0.15) is 0 Å². The number of hydrogen-bond acceptors (Lipinski definition) is 7. The Morgan fingerprint density at radius 1 is 1.28 bits per heavy atom. The predicted molar refractivity (Wildman–Crippen MR) is 136 cm³/mol. The molecule has 0 bridgehead atoms. The van der Waals surface area contributed by atoms with E-state index in [4.69, 9.17) is 0 Å². The van der Waals surface area contributed by atoms with Crippen LogP contribution in [0.15, 0.2) is 47.2 Å². The van der Waals surface area contributed by atoms with Gasteiger partial charge in [-0.05, 0) is 68.2 Å². The maximum absolute atomic E-state index is 13.6. The summed E-state index contributed by atoms with van der Waals surface area (Å²) in [6, 6.07) is 4.87. The van der Waals surface area contributed by atoms with E-state index < -0.39 is 17.1 Å². The minimum Gasteiger partial charge on any atom is -0.508 e. The Morgan fingerprint density at radius 3 is 2.89 bits per heavy atom. The number of nitrogens with zero attached hydrogens (tertiary/aromatic N) is 1. The van der Waals surface area contributed by atoms with Crippen LogP contribution in [0.5, 0.6) is 5.75 Å². The van der Waals surface area contributed by atoms with Gasteiger partial charge in [-0.15, -0.1) is 0 Å². The number of allylic oxidation sites excluding steroid dienone is 4. The quantitative estimate of drug-likeness (QED) is 0.461. The van der Waals surface area contributed by atoms with Crippen LogP contribution in [0.4, 0.5) is 0 Å². The number of nitrogens with one attached hydrogen (secondary N) is 1. The van der Waals surface area contributed by atoms with Gasteiger partial charge in [0, 0.05) is 22.8 Å². The molecule has 1 aromatic heterocycles. The fourth-order valence-electron chi connectivity index (χ4n) is 8.08. The second-order valence-corrected chi connectivity index (χ2v) is 12.5. The number of Topliss-reactive ketones (excluding diaryl/α,β-unsaturated/α-hetero) is 1. The molecule has 36 heavy (non-hydrogen) atoms. The molecule has 4 N–H and O–H groups in total. The molecule has 1 aromatic carbocycles. The summed E-state index contributed by atoms with van der Waals surface area (Å²) in [6.07, 6.45) is 7.83. The number of hydrogen-bond donors (Lipinski definition) is 4. The van der Waals surface area contributed by atoms with Crippen LogP contribution in [-0.4, -0.2) is 54.3 Å². The molecule has 0 spiro atoms. The predicted octanol–water partition coefficient (Wildman–Crippen LogP) is 3.94. The van der Waals surface area contributed by atoms with Gasteiger partial charge in [0.05, 0.1) is 22.9 Å². The van der Waals surface area contributed by atoms with E-state index in [-0.39, 0.29) is 46.2 Å². The number of carbonyl (C=O) groups excluding carboxylic acids is 2. The molecule has 4 aliphatic carbocycles. The molecule has 6 unspecified atom stereocenters. The lowest BCUT2D eigenvalue weighted by atomic mass is 9.46. The molecule has 4 aliphatic rings. The molecule has 3 fully saturated rings. The van der Waals surface area contributed by atoms with Gasteiger partial charge in [-0.3, -0.25) is 9.59 Å². The number of rotatable bonds is 4. The summed E-state index contributed by atoms with van der Waals surface area (Å²) in [7, 11) is 0. The highest BCUT2D eigenvalue weighted by Gasteiger charge is 2.67. The number of benzene rings is 1. The molecule has 1 heterocycles. The fraction of sp³-hybridized carbons (Fsp3) is 0.536. The van der Waals surface area contributed by atoms with Crippen molar-refractivity contribution < 1.29 is 24.9 Å². The SMILES string of the molecule is CC12C=CC(=O)C=C1CCC1C2C(O)CC2(C)C1CC[C@]2(O)C(=O)CSc1nc2ccc(O)cc2[nH]1. The van der Waals surface area contributed by atoms with Crippen molar-refractivity contribution in [2.45, 2.75) is 62.8 Å². The van der Waals surface area contributed by atoms with E-state index in [0.717, 1.165) is 24.8 Å². The molecule has 3 saturated carbocycles. The lowest BCUT2D eigenvalue weighted by molar-refractivity contribution is -0.174. The molecule has 190 valence electrons. The molecule has 2 aromatic rings. The highest BCUT2D eigenvalue weighted by molar-refractivity contribution is 7.99. The number of phenolic OH excluding ortho intramolecular Hbond substituents is 1. The molecule has 7 nitrogen and oxygen atoms in total. The second kappa shape index (κ2) is 8.04. The summed E-state index contributed by atoms with van der Waals surface area (Å²) in [5, 5.41) is 33.7. The van der Waals surface area contributed by atoms with Crippen LogP contribution in [0.1, 0.15) is 46.0 Å². The number of ketones is 2. The Kier molecular flexibility index (Phi) is 5.35. The molecule has 7 atom stereocenters. The van der Waals surface area contributed by atoms with Crippen molar-refractivity contribution in [2.75, 3.05) is 5.75 Å². The number of fused-ring (bicyclic) bond motifs is 6. The molecular formula is C28H32N2O5S. The van der Waals surface area contributed by atoms with Crippen molar-refractivity contribution >= 4 is 34.4 Å². The molecule has 6 rings (SSSR count). The number of thioether (sulfide) groups is 1. The van der Waals surface area contributed by atoms with E-state index in [2.05, 4.69) is 16.9 Å². The summed E-state index contributed by atoms with van der Waals surface area (Å²) < 4.78 is 0. The van der Waals surface area contributed by atoms with Crippen LogP contribution in [-0.2, 0) is 9.59 Å². The van der Waals surface area contributed by atoms with Gasteiger partial charge in [0.25, 0.3) is 0 Å². The van der Waals surface area contributed by atoms with E-state index in [1.54, 1.807) is 30.4 Å². The zero-order valence-corrected chi connectivity index (χ0v) is 21.3. The Balaban J connectivity index is 1.24. The number of aromatic nitrogens is 2. The first-order valence-corrected chi connectivity index (χ1v) is 13.7. The average Bonchev–Trinajstić information content (AvgIpc) is 3.35. The van der Waals surface area contributed by atoms with Crippen LogP contribution in [0.3, 0.4) is 0 Å². The third kappa shape index (κ3) is 3.30. The third-order valence-corrected chi connectivity index (χ3v) is 10.8. The van der Waals surface area contributed by atoms with E-state index >= 15 is 0 Å². The number of carbonyl (C=O) groups is 2. The van der Waals surface area contributed by atoms with Crippen molar-refractivity contribution in [1.82, 2.24) is 9.97 Å². The van der Waals surface area contributed by atoms with Crippen molar-refractivity contribution in [3.05, 3.63) is 42.0 Å². The maximum Gasteiger partial charge on any atom is 0.178 e. The molecule has 8 heteroatoms. The summed E-state index contributed by atoms with van der Waals surface area (Å²) in [4.78, 5) is 33.2. The Hall–Kier alpha value is -2.42. The first kappa shape index (κ1) is 23.9. The first-order chi connectivity index (χ1) is 17.0. The number of aliphatic hydroxyl groups is 2. The molecule has 0 aliphatic heterocycles. The van der Waals surface area contributed by atoms with Crippen LogP contribution in [0.2, 0.25) is 0 Å². The normalized spacial score (nSPS) is 39.4. The minimum absolute atomic E-state index is 0.00987. The number of aromatic hydroxyl groups is 1. The number of H-pyrrole nitrogens is 1. The number of aliphatic hydroxyl groups excluding tert-OH is 1. The zero-order valence-electron chi connectivity index (χ0n) is 20.5. The van der Waals surface area contributed by atoms with Gasteiger partial charge in [-0.25, -0.2) is 4.98 Å². The number of aromatic amines is 1. The lowest BCUT2D eigenvalue weighted by Crippen LogP contribution is -2.61. The summed E-state index contributed by atoms with van der Waals surface area (Å²) >= 11 is 1.25. The minimum atomic E-state index is -1.50. The molecule has 0 amide bonds. The number of imidazole rings is 1. The third-order valence-electron chi connectivity index (χ3n) is 9.89. The van der Waals surface area contributed by atoms with Gasteiger partial charge in [0.1, 0.15) is 11.4 Å². The fourth-order valence-corrected chi connectivity index (χ4v) is 8.94. The van der Waals surface area contributed by atoms with Crippen LogP contribution in [0, 0.1) is 28.6 Å². The second-order valence-electron chi connectivity index (χ2n) is 11.6. The summed E-state index contributed by atoms with van der Waals surface area (Å²) in [5.74, 6) is 0.275. The van der Waals surface area contributed by atoms with Gasteiger partial charge in [-0.1, -0.05) is 37.3 Å². The van der Waals surface area contributed by atoms with Gasteiger partial charge >= 0.3 is 0 Å². The standard InChI is InChI=1S/C28H32N2O5S/c1-26-9-7-17(32)11-15(26)3-5-18-19-8-10-28(35,27(19,2)13-22(33)24(18)26)23(34)14-36-25-29-20-6-4-16(31)12-21(20)30-25/h4,6-7,9,11-12,18-19,22,24,31,33,35H,3,5,8,10,13-14H2,1-2H3,(H,29,30)/t18?,19?,22?,24?,26?,27?,28-/m0/s1. The Morgan fingerprint density at radius 2 is 2.08 bits per heavy atom. The van der Waals surface area contributed by atoms with E-state index in [0.29, 0.717) is 29.0 Å². The summed E-state index contributed by atoms with van der Waals surface area (Å²) in [6.45, 7) is 4.12. The monoisotopic (exact) mass is 508 g/mol. The molecule has 0 saturated heterocycles. The topological polar surface area (TPSA) is 124 Å². The Bertz CT molecular complexity index is 1330. The van der Waals surface area contributed by atoms with E-state index in [1.807, 2.05) is 13.0 Å². The average molecular weight is 509 g/mol. The maximum atomic E-state index is 13.6. The lowest BCUT2D eigenvalue weighted by Gasteiger charge is -2.59. The Labute approximate surface area is 214 Å². The molecule has 0 radical (unpaired) electrons. The first-order valence-electron chi connectivity index (χ1n) is 12.7. The van der Waals surface area contributed by atoms with Crippen molar-refractivity contribution in [3.63, 3.8) is 0 Å². The number of phenols is 1. The summed E-state index contributed by atoms with van der Waals surface area (Å²) in [5.41, 5.74) is -0.0937. The van der Waals surface area contributed by atoms with Crippen LogP contribution in [0.25, 0.3) is 11.0 Å². The molecular weight excluding hydrogens is 476 g/mol. The highest BCUT2D eigenvalue weighted by atomic mass is 32.2. The zero-order chi connectivity index (χ0) is 25.5. The van der Waals surface area contributed by atoms with E-state index in [1.165, 1.54) is 11.8 Å². The van der Waals surface area contributed by atoms with Gasteiger partial charge < -0.3 is 20.3 Å². The van der Waals surface area contributed by atoms with E-state index in [9.17, 15) is 24.9 Å².